The van der Waals surface area contributed by atoms with Crippen LogP contribution in [0.4, 0.5) is 0 Å². The molecule has 2 heterocycles. The molecular weight excluding hydrogens is 236 g/mol. The molecule has 7 nitrogen and oxygen atoms in total. The lowest BCUT2D eigenvalue weighted by Gasteiger charge is -2.04. The van der Waals surface area contributed by atoms with E-state index in [4.69, 9.17) is 4.42 Å². The van der Waals surface area contributed by atoms with Crippen LogP contribution >= 0.6 is 0 Å². The zero-order valence-corrected chi connectivity index (χ0v) is 10.00. The predicted octanol–water partition coefficient (Wildman–Crippen LogP) is 0.447. The van der Waals surface area contributed by atoms with Gasteiger partial charge in [-0.2, -0.15) is 0 Å². The van der Waals surface area contributed by atoms with Gasteiger partial charge in [0, 0.05) is 24.8 Å². The van der Waals surface area contributed by atoms with Crippen LogP contribution in [-0.4, -0.2) is 34.6 Å². The van der Waals surface area contributed by atoms with Gasteiger partial charge in [-0.3, -0.25) is 4.68 Å². The highest BCUT2D eigenvalue weighted by atomic mass is 16.5. The fourth-order valence-corrected chi connectivity index (χ4v) is 1.52. The molecule has 0 fully saturated rings. The number of carbonyl (C=O) groups excluding carboxylic acids is 1. The Morgan fingerprint density at radius 1 is 1.61 bits per heavy atom. The Labute approximate surface area is 104 Å². The first-order valence-corrected chi connectivity index (χ1v) is 5.50. The van der Waals surface area contributed by atoms with E-state index in [1.807, 2.05) is 0 Å². The summed E-state index contributed by atoms with van der Waals surface area (Å²) in [5.41, 5.74) is 0.778. The Morgan fingerprint density at radius 2 is 2.50 bits per heavy atom. The molecule has 0 aliphatic rings. The van der Waals surface area contributed by atoms with Crippen LogP contribution in [0.5, 0.6) is 0 Å². The lowest BCUT2D eigenvalue weighted by Crippen LogP contribution is -2.20. The Morgan fingerprint density at radius 3 is 3.22 bits per heavy atom. The lowest BCUT2D eigenvalue weighted by molar-refractivity contribution is 0.0563. The highest BCUT2D eigenvalue weighted by Crippen LogP contribution is 2.11. The van der Waals surface area contributed by atoms with E-state index in [0.29, 0.717) is 13.1 Å². The van der Waals surface area contributed by atoms with Gasteiger partial charge >= 0.3 is 5.97 Å². The predicted molar refractivity (Wildman–Crippen MR) is 61.8 cm³/mol. The summed E-state index contributed by atoms with van der Waals surface area (Å²) in [5, 5.41) is 10.7. The Balaban J connectivity index is 1.80. The number of nitrogens with zero attached hydrogens (tertiary/aromatic N) is 3. The average molecular weight is 250 g/mol. The molecule has 2 rings (SSSR count). The first kappa shape index (κ1) is 12.3. The van der Waals surface area contributed by atoms with Crippen molar-refractivity contribution in [2.75, 3.05) is 13.7 Å². The number of ether oxygens (including phenoxy) is 1. The number of aromatic nitrogens is 3. The van der Waals surface area contributed by atoms with Gasteiger partial charge in [0.2, 0.25) is 5.76 Å². The Hall–Kier alpha value is -2.15. The van der Waals surface area contributed by atoms with Crippen molar-refractivity contribution in [2.24, 2.45) is 0 Å². The molecule has 0 amide bonds. The zero-order chi connectivity index (χ0) is 12.8. The Kier molecular flexibility index (Phi) is 4.08. The van der Waals surface area contributed by atoms with Crippen molar-refractivity contribution in [3.05, 3.63) is 36.0 Å². The fraction of sp³-hybridized carbons (Fsp3) is 0.364. The summed E-state index contributed by atoms with van der Waals surface area (Å²) in [6, 6.07) is 1.74. The van der Waals surface area contributed by atoms with E-state index >= 15 is 0 Å². The number of furan rings is 1. The average Bonchev–Trinajstić information content (AvgIpc) is 3.04. The topological polar surface area (TPSA) is 82.2 Å². The van der Waals surface area contributed by atoms with Crippen molar-refractivity contribution in [1.29, 1.82) is 0 Å². The molecule has 0 bridgehead atoms. The molecule has 7 heteroatoms. The van der Waals surface area contributed by atoms with Crippen LogP contribution in [0.25, 0.3) is 0 Å². The van der Waals surface area contributed by atoms with Crippen LogP contribution in [0.2, 0.25) is 0 Å². The fourth-order valence-electron chi connectivity index (χ4n) is 1.52. The van der Waals surface area contributed by atoms with Gasteiger partial charge < -0.3 is 14.5 Å². The van der Waals surface area contributed by atoms with Crippen LogP contribution in [-0.2, 0) is 17.8 Å². The molecule has 0 unspecified atom stereocenters. The van der Waals surface area contributed by atoms with Crippen molar-refractivity contribution in [3.63, 3.8) is 0 Å². The number of carbonyl (C=O) groups is 1. The van der Waals surface area contributed by atoms with Gasteiger partial charge in [0.15, 0.2) is 0 Å². The Bertz CT molecular complexity index is 492. The number of nitrogens with one attached hydrogen (secondary N) is 1. The van der Waals surface area contributed by atoms with E-state index in [9.17, 15) is 4.79 Å². The van der Waals surface area contributed by atoms with Crippen LogP contribution in [0.1, 0.15) is 16.1 Å². The second-order valence-corrected chi connectivity index (χ2v) is 3.61. The molecule has 2 aromatic heterocycles. The second kappa shape index (κ2) is 5.97. The van der Waals surface area contributed by atoms with E-state index in [0.717, 1.165) is 12.1 Å². The maximum atomic E-state index is 11.3. The van der Waals surface area contributed by atoms with Gasteiger partial charge in [-0.05, 0) is 6.07 Å². The third-order valence-electron chi connectivity index (χ3n) is 2.42. The maximum absolute atomic E-state index is 11.3. The SMILES string of the molecule is COC(=O)c1occc1CNCCn1ccnn1. The summed E-state index contributed by atoms with van der Waals surface area (Å²) in [6.45, 7) is 1.97. The summed E-state index contributed by atoms with van der Waals surface area (Å²) in [7, 11) is 1.33. The third-order valence-corrected chi connectivity index (χ3v) is 2.42. The van der Waals surface area contributed by atoms with Gasteiger partial charge in [0.25, 0.3) is 0 Å². The van der Waals surface area contributed by atoms with Crippen LogP contribution in [0.15, 0.2) is 29.1 Å². The number of esters is 1. The van der Waals surface area contributed by atoms with E-state index in [-0.39, 0.29) is 5.76 Å². The number of methoxy groups -OCH3 is 1. The summed E-state index contributed by atoms with van der Waals surface area (Å²) in [5.74, 6) is -0.223. The first-order chi connectivity index (χ1) is 8.81. The molecule has 0 saturated heterocycles. The molecule has 0 radical (unpaired) electrons. The number of hydrogen-bond acceptors (Lipinski definition) is 6. The summed E-state index contributed by atoms with van der Waals surface area (Å²) in [6.07, 6.45) is 4.89. The summed E-state index contributed by atoms with van der Waals surface area (Å²) < 4.78 is 11.4. The van der Waals surface area contributed by atoms with Crippen LogP contribution in [0.3, 0.4) is 0 Å². The third kappa shape index (κ3) is 2.95. The van der Waals surface area contributed by atoms with Crippen molar-refractivity contribution in [1.82, 2.24) is 20.3 Å². The van der Waals surface area contributed by atoms with Crippen molar-refractivity contribution < 1.29 is 13.9 Å². The van der Waals surface area contributed by atoms with Crippen molar-refractivity contribution in [2.45, 2.75) is 13.1 Å². The van der Waals surface area contributed by atoms with E-state index in [2.05, 4.69) is 20.4 Å². The monoisotopic (exact) mass is 250 g/mol. The maximum Gasteiger partial charge on any atom is 0.374 e. The van der Waals surface area contributed by atoms with Crippen LogP contribution < -0.4 is 5.32 Å². The summed E-state index contributed by atoms with van der Waals surface area (Å²) >= 11 is 0. The smallest absolute Gasteiger partial charge is 0.374 e. The first-order valence-electron chi connectivity index (χ1n) is 5.50. The molecular formula is C11H14N4O3. The molecule has 0 aromatic carbocycles. The summed E-state index contributed by atoms with van der Waals surface area (Å²) in [4.78, 5) is 11.3. The number of rotatable bonds is 6. The van der Waals surface area contributed by atoms with Crippen molar-refractivity contribution in [3.8, 4) is 0 Å². The minimum absolute atomic E-state index is 0.241. The zero-order valence-electron chi connectivity index (χ0n) is 10.00. The molecule has 0 spiro atoms. The molecule has 0 aliphatic carbocycles. The van der Waals surface area contributed by atoms with Gasteiger partial charge in [0.1, 0.15) is 0 Å². The van der Waals surface area contributed by atoms with Crippen molar-refractivity contribution >= 4 is 5.97 Å². The standard InChI is InChI=1S/C11H14N4O3/c1-17-11(16)10-9(2-7-18-10)8-12-3-5-15-6-4-13-14-15/h2,4,6-7,12H,3,5,8H2,1H3. The highest BCUT2D eigenvalue weighted by Gasteiger charge is 2.14. The quantitative estimate of drug-likeness (QED) is 0.592. The molecule has 1 N–H and O–H groups in total. The van der Waals surface area contributed by atoms with Gasteiger partial charge in [-0.15, -0.1) is 5.10 Å². The minimum atomic E-state index is -0.465. The molecule has 96 valence electrons. The minimum Gasteiger partial charge on any atom is -0.463 e. The molecule has 0 saturated carbocycles. The highest BCUT2D eigenvalue weighted by molar-refractivity contribution is 5.87. The van der Waals surface area contributed by atoms with Gasteiger partial charge in [-0.1, -0.05) is 5.21 Å². The van der Waals surface area contributed by atoms with E-state index in [1.165, 1.54) is 13.4 Å². The molecule has 18 heavy (non-hydrogen) atoms. The molecule has 2 aromatic rings. The second-order valence-electron chi connectivity index (χ2n) is 3.61. The van der Waals surface area contributed by atoms with Gasteiger partial charge in [-0.25, -0.2) is 4.79 Å². The van der Waals surface area contributed by atoms with E-state index in [1.54, 1.807) is 23.1 Å². The van der Waals surface area contributed by atoms with Crippen LogP contribution in [0, 0.1) is 0 Å². The number of hydrogen-bond donors (Lipinski definition) is 1. The molecule has 0 aliphatic heterocycles. The van der Waals surface area contributed by atoms with Gasteiger partial charge in [0.05, 0.1) is 26.1 Å². The van der Waals surface area contributed by atoms with E-state index < -0.39 is 5.97 Å². The molecule has 0 atom stereocenters. The largest absolute Gasteiger partial charge is 0.463 e. The lowest BCUT2D eigenvalue weighted by atomic mass is 10.2. The normalized spacial score (nSPS) is 10.5.